The number of anilines is 1. The average molecular weight is 289 g/mol. The zero-order valence-electron chi connectivity index (χ0n) is 12.0. The van der Waals surface area contributed by atoms with Gasteiger partial charge in [-0.25, -0.2) is 0 Å². The Labute approximate surface area is 122 Å². The fourth-order valence-corrected chi connectivity index (χ4v) is 3.89. The predicted octanol–water partition coefficient (Wildman–Crippen LogP) is 3.47. The molecule has 2 heterocycles. The number of aromatic nitrogens is 2. The van der Waals surface area contributed by atoms with Crippen molar-refractivity contribution in [1.29, 1.82) is 0 Å². The van der Waals surface area contributed by atoms with Crippen LogP contribution < -0.4 is 5.32 Å². The van der Waals surface area contributed by atoms with Crippen LogP contribution in [0.2, 0.25) is 0 Å². The second-order valence-electron chi connectivity index (χ2n) is 5.68. The molecule has 2 aromatic heterocycles. The Bertz CT molecular complexity index is 656. The zero-order valence-corrected chi connectivity index (χ0v) is 12.9. The van der Waals surface area contributed by atoms with E-state index >= 15 is 0 Å². The molecular formula is C15H19N3OS. The summed E-state index contributed by atoms with van der Waals surface area (Å²) in [6.45, 7) is 6.18. The molecule has 2 aromatic rings. The molecule has 0 aliphatic heterocycles. The van der Waals surface area contributed by atoms with Crippen molar-refractivity contribution in [2.75, 3.05) is 5.32 Å². The highest BCUT2D eigenvalue weighted by molar-refractivity contribution is 7.10. The summed E-state index contributed by atoms with van der Waals surface area (Å²) in [6, 6.07) is 0. The molecule has 0 radical (unpaired) electrons. The molecule has 3 rings (SSSR count). The lowest BCUT2D eigenvalue weighted by Crippen LogP contribution is -2.17. The van der Waals surface area contributed by atoms with Gasteiger partial charge in [-0.2, -0.15) is 5.10 Å². The number of H-pyrrole nitrogens is 1. The average Bonchev–Trinajstić information content (AvgIpc) is 2.96. The van der Waals surface area contributed by atoms with Crippen LogP contribution in [0.1, 0.15) is 45.4 Å². The van der Waals surface area contributed by atoms with E-state index < -0.39 is 0 Å². The number of hydrogen-bond acceptors (Lipinski definition) is 3. The number of nitrogens with one attached hydrogen (secondary N) is 2. The van der Waals surface area contributed by atoms with Gasteiger partial charge in [0, 0.05) is 21.5 Å². The normalized spacial score (nSPS) is 17.9. The minimum atomic E-state index is -0.0355. The summed E-state index contributed by atoms with van der Waals surface area (Å²) >= 11 is 1.71. The number of carbonyl (C=O) groups excluding carboxylic acids is 1. The highest BCUT2D eigenvalue weighted by atomic mass is 32.1. The van der Waals surface area contributed by atoms with Gasteiger partial charge in [-0.3, -0.25) is 9.89 Å². The Morgan fingerprint density at radius 3 is 3.00 bits per heavy atom. The maximum Gasteiger partial charge on any atom is 0.258 e. The maximum absolute atomic E-state index is 12.4. The summed E-state index contributed by atoms with van der Waals surface area (Å²) < 4.78 is 0. The lowest BCUT2D eigenvalue weighted by molar-refractivity contribution is 0.102. The molecule has 0 bridgehead atoms. The van der Waals surface area contributed by atoms with Crippen LogP contribution in [0.15, 0.2) is 5.38 Å². The minimum absolute atomic E-state index is 0.0355. The lowest BCUT2D eigenvalue weighted by Gasteiger charge is -2.18. The first-order valence-corrected chi connectivity index (χ1v) is 7.86. The van der Waals surface area contributed by atoms with Gasteiger partial charge in [-0.15, -0.1) is 11.3 Å². The standard InChI is InChI=1S/C15H19N3OS/c1-8-4-5-11-12(7-20-13(11)6-8)15(19)16-14-9(2)10(3)17-18-14/h7-8H,4-6H2,1-3H3,(H2,16,17,18,19). The molecule has 4 nitrogen and oxygen atoms in total. The first-order chi connectivity index (χ1) is 9.56. The number of fused-ring (bicyclic) bond motifs is 1. The smallest absolute Gasteiger partial charge is 0.258 e. The number of aromatic amines is 1. The molecule has 0 aromatic carbocycles. The summed E-state index contributed by atoms with van der Waals surface area (Å²) in [5.41, 5.74) is 4.06. The molecular weight excluding hydrogens is 270 g/mol. The fourth-order valence-electron chi connectivity index (χ4n) is 2.65. The summed E-state index contributed by atoms with van der Waals surface area (Å²) in [5, 5.41) is 11.9. The SMILES string of the molecule is Cc1[nH]nc(NC(=O)c2csc3c2CCC(C)C3)c1C. The van der Waals surface area contributed by atoms with Crippen molar-refractivity contribution in [2.24, 2.45) is 5.92 Å². The molecule has 1 aliphatic rings. The molecule has 106 valence electrons. The predicted molar refractivity (Wildman–Crippen MR) is 81.5 cm³/mol. The van der Waals surface area contributed by atoms with Crippen molar-refractivity contribution >= 4 is 23.1 Å². The monoisotopic (exact) mass is 289 g/mol. The van der Waals surface area contributed by atoms with Gasteiger partial charge in [0.25, 0.3) is 5.91 Å². The van der Waals surface area contributed by atoms with E-state index in [9.17, 15) is 4.79 Å². The van der Waals surface area contributed by atoms with Crippen LogP contribution >= 0.6 is 11.3 Å². The highest BCUT2D eigenvalue weighted by Gasteiger charge is 2.23. The van der Waals surface area contributed by atoms with Crippen molar-refractivity contribution in [2.45, 2.75) is 40.0 Å². The number of thiophene rings is 1. The molecule has 2 N–H and O–H groups in total. The summed E-state index contributed by atoms with van der Waals surface area (Å²) in [7, 11) is 0. The van der Waals surface area contributed by atoms with Gasteiger partial charge in [-0.1, -0.05) is 6.92 Å². The number of nitrogens with zero attached hydrogens (tertiary/aromatic N) is 1. The number of carbonyl (C=O) groups is 1. The highest BCUT2D eigenvalue weighted by Crippen LogP contribution is 2.33. The first kappa shape index (κ1) is 13.4. The molecule has 1 unspecified atom stereocenters. The van der Waals surface area contributed by atoms with E-state index in [1.165, 1.54) is 16.9 Å². The van der Waals surface area contributed by atoms with E-state index in [0.29, 0.717) is 5.82 Å². The zero-order chi connectivity index (χ0) is 14.3. The second-order valence-corrected chi connectivity index (χ2v) is 6.64. The first-order valence-electron chi connectivity index (χ1n) is 6.98. The number of hydrogen-bond donors (Lipinski definition) is 2. The Morgan fingerprint density at radius 1 is 1.50 bits per heavy atom. The molecule has 0 fully saturated rings. The van der Waals surface area contributed by atoms with E-state index in [2.05, 4.69) is 22.4 Å². The Balaban J connectivity index is 1.83. The van der Waals surface area contributed by atoms with Crippen molar-refractivity contribution < 1.29 is 4.79 Å². The lowest BCUT2D eigenvalue weighted by atomic mass is 9.88. The van der Waals surface area contributed by atoms with Crippen LogP contribution in [0.5, 0.6) is 0 Å². The molecule has 0 spiro atoms. The fraction of sp³-hybridized carbons (Fsp3) is 0.467. The van der Waals surface area contributed by atoms with Gasteiger partial charge in [0.05, 0.1) is 5.56 Å². The van der Waals surface area contributed by atoms with Crippen molar-refractivity contribution in [3.05, 3.63) is 32.6 Å². The van der Waals surface area contributed by atoms with Gasteiger partial charge in [-0.05, 0) is 44.6 Å². The third-order valence-electron chi connectivity index (χ3n) is 4.13. The Morgan fingerprint density at radius 2 is 2.30 bits per heavy atom. The maximum atomic E-state index is 12.4. The van der Waals surface area contributed by atoms with Crippen molar-refractivity contribution in [1.82, 2.24) is 10.2 Å². The van der Waals surface area contributed by atoms with E-state index in [-0.39, 0.29) is 5.91 Å². The van der Waals surface area contributed by atoms with Crippen LogP contribution in [0.4, 0.5) is 5.82 Å². The van der Waals surface area contributed by atoms with E-state index in [1.807, 2.05) is 19.2 Å². The van der Waals surface area contributed by atoms with Crippen LogP contribution in [-0.2, 0) is 12.8 Å². The van der Waals surface area contributed by atoms with Crippen LogP contribution in [0.25, 0.3) is 0 Å². The van der Waals surface area contributed by atoms with E-state index in [4.69, 9.17) is 0 Å². The van der Waals surface area contributed by atoms with Crippen LogP contribution in [0.3, 0.4) is 0 Å². The summed E-state index contributed by atoms with van der Waals surface area (Å²) in [6.07, 6.45) is 3.29. The number of amides is 1. The molecule has 20 heavy (non-hydrogen) atoms. The Kier molecular flexibility index (Phi) is 3.38. The second kappa shape index (κ2) is 5.05. The van der Waals surface area contributed by atoms with Crippen LogP contribution in [0, 0.1) is 19.8 Å². The quantitative estimate of drug-likeness (QED) is 0.889. The number of aryl methyl sites for hydroxylation is 1. The Hall–Kier alpha value is -1.62. The van der Waals surface area contributed by atoms with Crippen LogP contribution in [-0.4, -0.2) is 16.1 Å². The molecule has 0 saturated carbocycles. The summed E-state index contributed by atoms with van der Waals surface area (Å²) in [4.78, 5) is 13.8. The topological polar surface area (TPSA) is 57.8 Å². The number of rotatable bonds is 2. The molecule has 1 atom stereocenters. The van der Waals surface area contributed by atoms with E-state index in [1.54, 1.807) is 11.3 Å². The summed E-state index contributed by atoms with van der Waals surface area (Å²) in [5.74, 6) is 1.33. The van der Waals surface area contributed by atoms with Gasteiger partial charge >= 0.3 is 0 Å². The van der Waals surface area contributed by atoms with E-state index in [0.717, 1.165) is 35.6 Å². The van der Waals surface area contributed by atoms with Gasteiger partial charge in [0.15, 0.2) is 5.82 Å². The third-order valence-corrected chi connectivity index (χ3v) is 5.18. The van der Waals surface area contributed by atoms with Gasteiger partial charge in [0.2, 0.25) is 0 Å². The van der Waals surface area contributed by atoms with Gasteiger partial charge in [0.1, 0.15) is 0 Å². The minimum Gasteiger partial charge on any atom is -0.305 e. The molecule has 0 saturated heterocycles. The molecule has 1 amide bonds. The van der Waals surface area contributed by atoms with Crippen molar-refractivity contribution in [3.63, 3.8) is 0 Å². The largest absolute Gasteiger partial charge is 0.305 e. The van der Waals surface area contributed by atoms with Gasteiger partial charge < -0.3 is 5.32 Å². The molecule has 5 heteroatoms. The molecule has 1 aliphatic carbocycles. The van der Waals surface area contributed by atoms with Crippen molar-refractivity contribution in [3.8, 4) is 0 Å². The third kappa shape index (κ3) is 2.26.